The second kappa shape index (κ2) is 3.98. The Morgan fingerprint density at radius 3 is 2.47 bits per heavy atom. The average molecular weight is 240 g/mol. The first kappa shape index (κ1) is 11.6. The van der Waals surface area contributed by atoms with Crippen LogP contribution in [0.4, 0.5) is 18.9 Å². The number of carbonyl (C=O) groups excluding carboxylic acids is 1. The molecule has 0 aliphatic heterocycles. The van der Waals surface area contributed by atoms with E-state index in [4.69, 9.17) is 17.3 Å². The summed E-state index contributed by atoms with van der Waals surface area (Å²) in [7, 11) is 0. The molecule has 2 N–H and O–H groups in total. The van der Waals surface area contributed by atoms with Gasteiger partial charge in [0, 0.05) is 17.3 Å². The number of alkyl halides is 3. The van der Waals surface area contributed by atoms with Gasteiger partial charge in [-0.3, -0.25) is 4.79 Å². The summed E-state index contributed by atoms with van der Waals surface area (Å²) < 4.78 is 39.2. The van der Waals surface area contributed by atoms with Crippen molar-refractivity contribution in [3.05, 3.63) is 22.7 Å². The van der Waals surface area contributed by atoms with Gasteiger partial charge in [-0.1, -0.05) is 11.6 Å². The molecule has 0 spiro atoms. The molecule has 1 aromatic rings. The van der Waals surface area contributed by atoms with Crippen molar-refractivity contribution in [3.8, 4) is 5.75 Å². The first-order chi connectivity index (χ1) is 6.83. The molecule has 0 fully saturated rings. The van der Waals surface area contributed by atoms with Crippen LogP contribution in [0.2, 0.25) is 5.02 Å². The lowest BCUT2D eigenvalue weighted by molar-refractivity contribution is -0.274. The van der Waals surface area contributed by atoms with Crippen LogP contribution in [0.3, 0.4) is 0 Å². The Bertz CT molecular complexity index is 392. The molecule has 0 radical (unpaired) electrons. The van der Waals surface area contributed by atoms with E-state index >= 15 is 0 Å². The van der Waals surface area contributed by atoms with Crippen LogP contribution in [0.1, 0.15) is 10.4 Å². The normalized spacial score (nSPS) is 11.2. The Morgan fingerprint density at radius 2 is 2.00 bits per heavy atom. The second-order valence-electron chi connectivity index (χ2n) is 2.59. The maximum atomic E-state index is 11.9. The van der Waals surface area contributed by atoms with Crippen LogP contribution in [0.15, 0.2) is 12.1 Å². The van der Waals surface area contributed by atoms with Crippen molar-refractivity contribution in [1.29, 1.82) is 0 Å². The van der Waals surface area contributed by atoms with Crippen molar-refractivity contribution < 1.29 is 22.7 Å². The number of rotatable bonds is 2. The fraction of sp³-hybridized carbons (Fsp3) is 0.125. The Morgan fingerprint density at radius 1 is 1.40 bits per heavy atom. The average Bonchev–Trinajstić information content (AvgIpc) is 2.08. The predicted molar refractivity (Wildman–Crippen MR) is 47.9 cm³/mol. The number of halogens is 4. The number of carbonyl (C=O) groups is 1. The van der Waals surface area contributed by atoms with Crippen LogP contribution in [0, 0.1) is 0 Å². The molecule has 0 bridgehead atoms. The lowest BCUT2D eigenvalue weighted by atomic mass is 10.2. The Balaban J connectivity index is 3.18. The zero-order chi connectivity index (χ0) is 11.6. The third-order valence-electron chi connectivity index (χ3n) is 1.44. The Hall–Kier alpha value is -1.43. The molecule has 0 aliphatic rings. The lowest BCUT2D eigenvalue weighted by Gasteiger charge is -2.11. The highest BCUT2D eigenvalue weighted by Gasteiger charge is 2.32. The zero-order valence-corrected chi connectivity index (χ0v) is 7.89. The third-order valence-corrected chi connectivity index (χ3v) is 1.85. The highest BCUT2D eigenvalue weighted by atomic mass is 35.5. The number of anilines is 1. The van der Waals surface area contributed by atoms with E-state index in [1.54, 1.807) is 0 Å². The van der Waals surface area contributed by atoms with Crippen molar-refractivity contribution in [2.45, 2.75) is 6.36 Å². The Kier molecular flexibility index (Phi) is 3.09. The van der Waals surface area contributed by atoms with Crippen LogP contribution in [0.5, 0.6) is 5.75 Å². The van der Waals surface area contributed by atoms with Gasteiger partial charge >= 0.3 is 6.36 Å². The van der Waals surface area contributed by atoms with Crippen molar-refractivity contribution in [3.63, 3.8) is 0 Å². The second-order valence-corrected chi connectivity index (χ2v) is 2.97. The molecule has 82 valence electrons. The predicted octanol–water partition coefficient (Wildman–Crippen LogP) is 2.63. The maximum Gasteiger partial charge on any atom is 0.573 e. The number of ether oxygens (including phenoxy) is 1. The van der Waals surface area contributed by atoms with Crippen LogP contribution < -0.4 is 10.5 Å². The van der Waals surface area contributed by atoms with Gasteiger partial charge in [0.25, 0.3) is 0 Å². The first-order valence-corrected chi connectivity index (χ1v) is 4.01. The molecule has 0 atom stereocenters. The summed E-state index contributed by atoms with van der Waals surface area (Å²) in [5, 5.41) is -0.420. The molecule has 1 aromatic carbocycles. The van der Waals surface area contributed by atoms with Gasteiger partial charge in [-0.15, -0.1) is 13.2 Å². The van der Waals surface area contributed by atoms with Crippen molar-refractivity contribution in [2.24, 2.45) is 0 Å². The number of benzene rings is 1. The highest BCUT2D eigenvalue weighted by molar-refractivity contribution is 6.34. The molecule has 0 saturated heterocycles. The van der Waals surface area contributed by atoms with E-state index in [1.807, 2.05) is 0 Å². The number of aldehydes is 1. The van der Waals surface area contributed by atoms with Crippen molar-refractivity contribution >= 4 is 23.6 Å². The quantitative estimate of drug-likeness (QED) is 0.638. The molecular weight excluding hydrogens is 235 g/mol. The number of nitrogen functional groups attached to an aromatic ring is 1. The van der Waals surface area contributed by atoms with Crippen molar-refractivity contribution in [2.75, 3.05) is 5.73 Å². The van der Waals surface area contributed by atoms with E-state index in [0.29, 0.717) is 6.29 Å². The monoisotopic (exact) mass is 239 g/mol. The highest BCUT2D eigenvalue weighted by Crippen LogP contribution is 2.34. The van der Waals surface area contributed by atoms with Crippen molar-refractivity contribution in [1.82, 2.24) is 0 Å². The SMILES string of the molecule is Nc1cc(C=O)c(Cl)c(OC(F)(F)F)c1. The van der Waals surface area contributed by atoms with E-state index in [0.717, 1.165) is 12.1 Å². The van der Waals surface area contributed by atoms with Gasteiger partial charge in [-0.05, 0) is 6.07 Å². The van der Waals surface area contributed by atoms with Gasteiger partial charge in [0.1, 0.15) is 0 Å². The molecule has 0 aliphatic carbocycles. The van der Waals surface area contributed by atoms with E-state index in [-0.39, 0.29) is 11.3 Å². The molecule has 0 heterocycles. The van der Waals surface area contributed by atoms with E-state index in [2.05, 4.69) is 4.74 Å². The van der Waals surface area contributed by atoms with Gasteiger partial charge in [-0.25, -0.2) is 0 Å². The maximum absolute atomic E-state index is 11.9. The smallest absolute Gasteiger partial charge is 0.404 e. The lowest BCUT2D eigenvalue weighted by Crippen LogP contribution is -2.17. The van der Waals surface area contributed by atoms with Gasteiger partial charge in [0.05, 0.1) is 5.02 Å². The summed E-state index contributed by atoms with van der Waals surface area (Å²) in [4.78, 5) is 10.4. The summed E-state index contributed by atoms with van der Waals surface area (Å²) in [5.41, 5.74) is 5.06. The molecule has 7 heteroatoms. The minimum Gasteiger partial charge on any atom is -0.404 e. The van der Waals surface area contributed by atoms with E-state index < -0.39 is 17.1 Å². The largest absolute Gasteiger partial charge is 0.573 e. The fourth-order valence-corrected chi connectivity index (χ4v) is 1.12. The minimum atomic E-state index is -4.88. The summed E-state index contributed by atoms with van der Waals surface area (Å²) in [6.45, 7) is 0. The molecule has 0 amide bonds. The molecule has 0 saturated carbocycles. The summed E-state index contributed by atoms with van der Waals surface area (Å²) in [6.07, 6.45) is -4.58. The van der Waals surface area contributed by atoms with Crippen LogP contribution >= 0.6 is 11.6 Å². The molecule has 0 unspecified atom stereocenters. The summed E-state index contributed by atoms with van der Waals surface area (Å²) in [5.74, 6) is -0.689. The number of hydrogen-bond acceptors (Lipinski definition) is 3. The number of nitrogens with two attached hydrogens (primary N) is 1. The summed E-state index contributed by atoms with van der Waals surface area (Å²) >= 11 is 5.48. The van der Waals surface area contributed by atoms with E-state index in [1.165, 1.54) is 0 Å². The van der Waals surface area contributed by atoms with Crippen LogP contribution in [0.25, 0.3) is 0 Å². The summed E-state index contributed by atoms with van der Waals surface area (Å²) in [6, 6.07) is 2.04. The molecular formula is C8H5ClF3NO2. The van der Waals surface area contributed by atoms with Gasteiger partial charge < -0.3 is 10.5 Å². The van der Waals surface area contributed by atoms with Crippen LogP contribution in [-0.2, 0) is 0 Å². The van der Waals surface area contributed by atoms with Gasteiger partial charge in [-0.2, -0.15) is 0 Å². The van der Waals surface area contributed by atoms with E-state index in [9.17, 15) is 18.0 Å². The molecule has 0 aromatic heterocycles. The molecule has 15 heavy (non-hydrogen) atoms. The van der Waals surface area contributed by atoms with Gasteiger partial charge in [0.15, 0.2) is 12.0 Å². The third kappa shape index (κ3) is 3.02. The number of hydrogen-bond donors (Lipinski definition) is 1. The van der Waals surface area contributed by atoms with Gasteiger partial charge in [0.2, 0.25) is 0 Å². The molecule has 3 nitrogen and oxygen atoms in total. The Labute approximate surface area is 87.6 Å². The zero-order valence-electron chi connectivity index (χ0n) is 7.14. The minimum absolute atomic E-state index is 0.0410. The topological polar surface area (TPSA) is 52.3 Å². The molecule has 1 rings (SSSR count). The first-order valence-electron chi connectivity index (χ1n) is 3.63. The standard InChI is InChI=1S/C8H5ClF3NO2/c9-7-4(3-14)1-5(13)2-6(7)15-8(10,11)12/h1-3H,13H2. The fourth-order valence-electron chi connectivity index (χ4n) is 0.926. The van der Waals surface area contributed by atoms with Crippen LogP contribution in [-0.4, -0.2) is 12.6 Å².